The maximum atomic E-state index is 13.5. The molecule has 0 aromatic heterocycles. The normalized spacial score (nSPS) is 13.1. The molecule has 0 aliphatic carbocycles. The standard InChI is InChI=1S/C11H21F2O4P/c1-9(2)6-5-7-11(12,13)10(14)8-18(15,16-3)17-4/h9H,5-8H2,1-4H3. The van der Waals surface area contributed by atoms with Crippen LogP contribution in [0.4, 0.5) is 8.78 Å². The fourth-order valence-electron chi connectivity index (χ4n) is 1.37. The van der Waals surface area contributed by atoms with Gasteiger partial charge in [-0.2, -0.15) is 8.78 Å². The van der Waals surface area contributed by atoms with Crippen molar-refractivity contribution in [2.45, 2.75) is 39.0 Å². The van der Waals surface area contributed by atoms with Crippen molar-refractivity contribution in [3.05, 3.63) is 0 Å². The average molecular weight is 286 g/mol. The van der Waals surface area contributed by atoms with Gasteiger partial charge < -0.3 is 9.05 Å². The number of carbonyl (C=O) groups excluding carboxylic acids is 1. The van der Waals surface area contributed by atoms with Crippen molar-refractivity contribution in [1.29, 1.82) is 0 Å². The van der Waals surface area contributed by atoms with Gasteiger partial charge in [0.05, 0.1) is 0 Å². The monoisotopic (exact) mass is 286 g/mol. The van der Waals surface area contributed by atoms with Gasteiger partial charge in [-0.1, -0.05) is 20.3 Å². The summed E-state index contributed by atoms with van der Waals surface area (Å²) in [5, 5.41) is 0. The van der Waals surface area contributed by atoms with Crippen LogP contribution in [0.15, 0.2) is 0 Å². The van der Waals surface area contributed by atoms with Gasteiger partial charge in [0.15, 0.2) is 0 Å². The second kappa shape index (κ2) is 7.31. The van der Waals surface area contributed by atoms with Crippen LogP contribution in [-0.4, -0.2) is 32.1 Å². The first-order valence-electron chi connectivity index (χ1n) is 5.78. The van der Waals surface area contributed by atoms with Crippen LogP contribution >= 0.6 is 7.60 Å². The Morgan fingerprint density at radius 2 is 1.78 bits per heavy atom. The highest BCUT2D eigenvalue weighted by atomic mass is 31.2. The Morgan fingerprint density at radius 1 is 1.28 bits per heavy atom. The summed E-state index contributed by atoms with van der Waals surface area (Å²) < 4.78 is 47.5. The summed E-state index contributed by atoms with van der Waals surface area (Å²) in [5.74, 6) is -4.56. The summed E-state index contributed by atoms with van der Waals surface area (Å²) in [6.07, 6.45) is -0.554. The van der Waals surface area contributed by atoms with Crippen LogP contribution in [0.3, 0.4) is 0 Å². The lowest BCUT2D eigenvalue weighted by molar-refractivity contribution is -0.141. The predicted octanol–water partition coefficient (Wildman–Crippen LogP) is 3.50. The highest BCUT2D eigenvalue weighted by molar-refractivity contribution is 7.54. The maximum absolute atomic E-state index is 13.5. The van der Waals surface area contributed by atoms with Crippen LogP contribution in [-0.2, 0) is 18.4 Å². The van der Waals surface area contributed by atoms with Gasteiger partial charge in [0.25, 0.3) is 0 Å². The number of hydrogen-bond acceptors (Lipinski definition) is 4. The van der Waals surface area contributed by atoms with E-state index in [-0.39, 0.29) is 6.42 Å². The molecule has 18 heavy (non-hydrogen) atoms. The zero-order valence-electron chi connectivity index (χ0n) is 11.2. The number of carbonyl (C=O) groups is 1. The van der Waals surface area contributed by atoms with E-state index < -0.39 is 31.9 Å². The first-order chi connectivity index (χ1) is 8.17. The Balaban J connectivity index is 4.42. The van der Waals surface area contributed by atoms with Crippen molar-refractivity contribution < 1.29 is 27.2 Å². The number of halogens is 2. The van der Waals surface area contributed by atoms with E-state index in [9.17, 15) is 18.1 Å². The van der Waals surface area contributed by atoms with Gasteiger partial charge in [0, 0.05) is 20.6 Å². The van der Waals surface area contributed by atoms with Gasteiger partial charge in [-0.25, -0.2) is 0 Å². The molecule has 0 saturated heterocycles. The summed E-state index contributed by atoms with van der Waals surface area (Å²) in [6, 6.07) is 0. The number of rotatable bonds is 9. The molecule has 0 amide bonds. The smallest absolute Gasteiger partial charge is 0.312 e. The van der Waals surface area contributed by atoms with Gasteiger partial charge in [-0.3, -0.25) is 9.36 Å². The van der Waals surface area contributed by atoms with Crippen molar-refractivity contribution in [2.75, 3.05) is 20.4 Å². The zero-order chi connectivity index (χ0) is 14.4. The van der Waals surface area contributed by atoms with Crippen LogP contribution in [0.2, 0.25) is 0 Å². The molecule has 0 radical (unpaired) electrons. The lowest BCUT2D eigenvalue weighted by atomic mass is 10.0. The fraction of sp³-hybridized carbons (Fsp3) is 0.909. The van der Waals surface area contributed by atoms with Crippen LogP contribution < -0.4 is 0 Å². The third kappa shape index (κ3) is 6.03. The first-order valence-corrected chi connectivity index (χ1v) is 7.51. The third-order valence-corrected chi connectivity index (χ3v) is 4.36. The molecular weight excluding hydrogens is 265 g/mol. The highest BCUT2D eigenvalue weighted by Crippen LogP contribution is 2.47. The van der Waals surface area contributed by atoms with E-state index in [1.54, 1.807) is 0 Å². The fourth-order valence-corrected chi connectivity index (χ4v) is 2.36. The molecule has 0 saturated carbocycles. The quantitative estimate of drug-likeness (QED) is 0.609. The Labute approximate surface area is 107 Å². The molecule has 108 valence electrons. The molecule has 0 aromatic rings. The molecule has 0 fully saturated rings. The summed E-state index contributed by atoms with van der Waals surface area (Å²) in [6.45, 7) is 3.84. The van der Waals surface area contributed by atoms with E-state index in [4.69, 9.17) is 0 Å². The number of ketones is 1. The van der Waals surface area contributed by atoms with Crippen molar-refractivity contribution in [3.8, 4) is 0 Å². The topological polar surface area (TPSA) is 52.6 Å². The molecule has 0 N–H and O–H groups in total. The van der Waals surface area contributed by atoms with E-state index in [2.05, 4.69) is 9.05 Å². The predicted molar refractivity (Wildman–Crippen MR) is 65.1 cm³/mol. The summed E-state index contributed by atoms with van der Waals surface area (Å²) in [7, 11) is -1.59. The maximum Gasteiger partial charge on any atom is 0.337 e. The molecule has 0 rings (SSSR count). The van der Waals surface area contributed by atoms with Gasteiger partial charge in [0.1, 0.15) is 6.16 Å². The SMILES string of the molecule is COP(=O)(CC(=O)C(F)(F)CCCC(C)C)OC. The Hall–Kier alpha value is -0.320. The average Bonchev–Trinajstić information content (AvgIpc) is 2.28. The van der Waals surface area contributed by atoms with E-state index in [1.165, 1.54) is 0 Å². The molecule has 0 atom stereocenters. The highest BCUT2D eigenvalue weighted by Gasteiger charge is 2.42. The number of hydrogen-bond donors (Lipinski definition) is 0. The first kappa shape index (κ1) is 17.7. The third-order valence-electron chi connectivity index (χ3n) is 2.57. The van der Waals surface area contributed by atoms with Gasteiger partial charge >= 0.3 is 13.5 Å². The molecule has 0 bridgehead atoms. The Bertz CT molecular complexity index is 310. The van der Waals surface area contributed by atoms with Crippen LogP contribution in [0.25, 0.3) is 0 Å². The van der Waals surface area contributed by atoms with Gasteiger partial charge in [-0.05, 0) is 12.3 Å². The van der Waals surface area contributed by atoms with Crippen molar-refractivity contribution >= 4 is 13.4 Å². The summed E-state index contributed by atoms with van der Waals surface area (Å²) >= 11 is 0. The minimum atomic E-state index is -3.71. The minimum Gasteiger partial charge on any atom is -0.312 e. The van der Waals surface area contributed by atoms with Crippen LogP contribution in [0.1, 0.15) is 33.1 Å². The Morgan fingerprint density at radius 3 is 2.17 bits per heavy atom. The Kier molecular flexibility index (Phi) is 7.18. The van der Waals surface area contributed by atoms with Gasteiger partial charge in [0.2, 0.25) is 5.78 Å². The van der Waals surface area contributed by atoms with E-state index in [0.717, 1.165) is 14.2 Å². The summed E-state index contributed by atoms with van der Waals surface area (Å²) in [4.78, 5) is 11.4. The second-order valence-corrected chi connectivity index (χ2v) is 6.82. The van der Waals surface area contributed by atoms with Crippen LogP contribution in [0.5, 0.6) is 0 Å². The van der Waals surface area contributed by atoms with Crippen LogP contribution in [0, 0.1) is 5.92 Å². The molecule has 0 unspecified atom stereocenters. The van der Waals surface area contributed by atoms with E-state index >= 15 is 0 Å². The minimum absolute atomic E-state index is 0.251. The molecule has 7 heteroatoms. The lowest BCUT2D eigenvalue weighted by Gasteiger charge is -2.18. The molecule has 0 heterocycles. The second-order valence-electron chi connectivity index (χ2n) is 4.55. The zero-order valence-corrected chi connectivity index (χ0v) is 12.1. The van der Waals surface area contributed by atoms with Gasteiger partial charge in [-0.15, -0.1) is 0 Å². The number of Topliss-reactive ketones (excluding diaryl/α,β-unsaturated/α-hetero) is 1. The molecule has 0 aromatic carbocycles. The van der Waals surface area contributed by atoms with Crippen molar-refractivity contribution in [2.24, 2.45) is 5.92 Å². The molecule has 0 aliphatic heterocycles. The molecule has 4 nitrogen and oxygen atoms in total. The largest absolute Gasteiger partial charge is 0.337 e. The molecule has 0 spiro atoms. The van der Waals surface area contributed by atoms with E-state index in [1.807, 2.05) is 13.8 Å². The molecular formula is C11H21F2O4P. The summed E-state index contributed by atoms with van der Waals surface area (Å²) in [5.41, 5.74) is 0. The van der Waals surface area contributed by atoms with Crippen molar-refractivity contribution in [1.82, 2.24) is 0 Å². The van der Waals surface area contributed by atoms with Crippen molar-refractivity contribution in [3.63, 3.8) is 0 Å². The lowest BCUT2D eigenvalue weighted by Crippen LogP contribution is -2.31. The molecule has 0 aliphatic rings. The number of alkyl halides is 2. The van der Waals surface area contributed by atoms with E-state index in [0.29, 0.717) is 12.3 Å².